The van der Waals surface area contributed by atoms with E-state index in [1.54, 1.807) is 13.4 Å². The molecule has 0 unspecified atom stereocenters. The summed E-state index contributed by atoms with van der Waals surface area (Å²) in [6.07, 6.45) is 3.66. The minimum atomic E-state index is 0.199. The maximum Gasteiger partial charge on any atom is 0.145 e. The Morgan fingerprint density at radius 2 is 2.32 bits per heavy atom. The minimum absolute atomic E-state index is 0.199. The highest BCUT2D eigenvalue weighted by Gasteiger charge is 2.07. The van der Waals surface area contributed by atoms with Gasteiger partial charge < -0.3 is 15.0 Å². The van der Waals surface area contributed by atoms with E-state index in [1.807, 2.05) is 35.9 Å². The molecule has 0 saturated heterocycles. The van der Waals surface area contributed by atoms with Gasteiger partial charge in [-0.25, -0.2) is 9.98 Å². The van der Waals surface area contributed by atoms with Crippen LogP contribution < -0.4 is 10.5 Å². The molecule has 1 aromatic heterocycles. The molecule has 0 spiro atoms. The number of nitrogens with zero attached hydrogens (tertiary/aromatic N) is 3. The standard InChI is InChI=1S/C13H15ClN4O/c1-9-7-18(8-16-9)11-4-3-10(5-12(11)19-2)17-13(15)6-14/h3-5,7-8H,6H2,1-2H3,(H2,15,17). The highest BCUT2D eigenvalue weighted by atomic mass is 35.5. The van der Waals surface area contributed by atoms with Crippen LogP contribution in [0.15, 0.2) is 35.7 Å². The van der Waals surface area contributed by atoms with Gasteiger partial charge in [0.25, 0.3) is 0 Å². The molecule has 0 saturated carbocycles. The molecule has 0 aliphatic heterocycles. The minimum Gasteiger partial charge on any atom is -0.494 e. The Balaban J connectivity index is 2.42. The topological polar surface area (TPSA) is 65.4 Å². The molecule has 1 aromatic carbocycles. The Hall–Kier alpha value is -2.01. The van der Waals surface area contributed by atoms with E-state index in [4.69, 9.17) is 22.1 Å². The highest BCUT2D eigenvalue weighted by Crippen LogP contribution is 2.28. The quantitative estimate of drug-likeness (QED) is 0.531. The lowest BCUT2D eigenvalue weighted by Crippen LogP contribution is -2.12. The van der Waals surface area contributed by atoms with Gasteiger partial charge in [-0.2, -0.15) is 0 Å². The number of imidazole rings is 1. The summed E-state index contributed by atoms with van der Waals surface area (Å²) < 4.78 is 7.27. The van der Waals surface area contributed by atoms with Crippen LogP contribution in [0.3, 0.4) is 0 Å². The molecule has 0 amide bonds. The van der Waals surface area contributed by atoms with E-state index in [1.165, 1.54) is 0 Å². The number of aliphatic imine (C=N–C) groups is 1. The van der Waals surface area contributed by atoms with E-state index in [2.05, 4.69) is 9.98 Å². The maximum atomic E-state index is 5.61. The molecule has 0 atom stereocenters. The summed E-state index contributed by atoms with van der Waals surface area (Å²) in [6.45, 7) is 1.93. The number of alkyl halides is 1. The molecule has 0 bridgehead atoms. The SMILES string of the molecule is COc1cc(N=C(N)CCl)ccc1-n1cnc(C)c1. The van der Waals surface area contributed by atoms with Crippen LogP contribution in [0.2, 0.25) is 0 Å². The molecule has 0 aliphatic rings. The first-order chi connectivity index (χ1) is 9.13. The van der Waals surface area contributed by atoms with Gasteiger partial charge in [0.2, 0.25) is 0 Å². The van der Waals surface area contributed by atoms with Crippen molar-refractivity contribution in [3.63, 3.8) is 0 Å². The summed E-state index contributed by atoms with van der Waals surface area (Å²) in [4.78, 5) is 8.38. The molecule has 0 aliphatic carbocycles. The zero-order chi connectivity index (χ0) is 13.8. The fourth-order valence-electron chi connectivity index (χ4n) is 1.70. The van der Waals surface area contributed by atoms with Crippen molar-refractivity contribution in [1.29, 1.82) is 0 Å². The van der Waals surface area contributed by atoms with Crippen molar-refractivity contribution in [1.82, 2.24) is 9.55 Å². The number of amidine groups is 1. The summed E-state index contributed by atoms with van der Waals surface area (Å²) in [6, 6.07) is 5.57. The Bertz CT molecular complexity index is 606. The van der Waals surface area contributed by atoms with Crippen molar-refractivity contribution in [3.05, 3.63) is 36.4 Å². The van der Waals surface area contributed by atoms with Crippen LogP contribution in [0.1, 0.15) is 5.69 Å². The zero-order valence-electron chi connectivity index (χ0n) is 10.8. The molecule has 2 rings (SSSR count). The van der Waals surface area contributed by atoms with Crippen LogP contribution >= 0.6 is 11.6 Å². The van der Waals surface area contributed by atoms with Crippen LogP contribution in [-0.2, 0) is 0 Å². The average molecular weight is 279 g/mol. The number of halogens is 1. The summed E-state index contributed by atoms with van der Waals surface area (Å²) in [5, 5.41) is 0. The summed E-state index contributed by atoms with van der Waals surface area (Å²) in [5.41, 5.74) is 8.15. The molecule has 0 fully saturated rings. The van der Waals surface area contributed by atoms with Crippen molar-refractivity contribution in [3.8, 4) is 11.4 Å². The lowest BCUT2D eigenvalue weighted by Gasteiger charge is -2.09. The zero-order valence-corrected chi connectivity index (χ0v) is 11.6. The number of hydrogen-bond acceptors (Lipinski definition) is 3. The third-order valence-corrected chi connectivity index (χ3v) is 2.84. The van der Waals surface area contributed by atoms with Crippen LogP contribution in [0.25, 0.3) is 5.69 Å². The third-order valence-electron chi connectivity index (χ3n) is 2.56. The molecule has 19 heavy (non-hydrogen) atoms. The lowest BCUT2D eigenvalue weighted by atomic mass is 10.2. The summed E-state index contributed by atoms with van der Waals surface area (Å²) in [7, 11) is 1.61. The molecular weight excluding hydrogens is 264 g/mol. The predicted octanol–water partition coefficient (Wildman–Crippen LogP) is 2.42. The van der Waals surface area contributed by atoms with Gasteiger partial charge >= 0.3 is 0 Å². The van der Waals surface area contributed by atoms with Gasteiger partial charge in [0, 0.05) is 12.3 Å². The van der Waals surface area contributed by atoms with E-state index in [0.717, 1.165) is 11.4 Å². The fourth-order valence-corrected chi connectivity index (χ4v) is 1.76. The molecule has 1 heterocycles. The Kier molecular flexibility index (Phi) is 4.06. The predicted molar refractivity (Wildman–Crippen MR) is 76.9 cm³/mol. The van der Waals surface area contributed by atoms with Crippen molar-refractivity contribution in [2.75, 3.05) is 13.0 Å². The number of aryl methyl sites for hydroxylation is 1. The number of nitrogens with two attached hydrogens (primary N) is 1. The second kappa shape index (κ2) is 5.75. The molecule has 6 heteroatoms. The maximum absolute atomic E-state index is 5.61. The fraction of sp³-hybridized carbons (Fsp3) is 0.231. The first kappa shape index (κ1) is 13.4. The number of benzene rings is 1. The summed E-state index contributed by atoms with van der Waals surface area (Å²) in [5.74, 6) is 1.26. The highest BCUT2D eigenvalue weighted by molar-refractivity contribution is 6.28. The average Bonchev–Trinajstić information content (AvgIpc) is 2.84. The smallest absolute Gasteiger partial charge is 0.145 e. The molecule has 2 aromatic rings. The first-order valence-corrected chi connectivity index (χ1v) is 6.25. The van der Waals surface area contributed by atoms with Crippen LogP contribution in [-0.4, -0.2) is 28.4 Å². The van der Waals surface area contributed by atoms with Gasteiger partial charge in [0.15, 0.2) is 0 Å². The van der Waals surface area contributed by atoms with Gasteiger partial charge in [-0.15, -0.1) is 11.6 Å². The van der Waals surface area contributed by atoms with E-state index >= 15 is 0 Å². The molecule has 100 valence electrons. The Labute approximate surface area is 116 Å². The lowest BCUT2D eigenvalue weighted by molar-refractivity contribution is 0.413. The largest absolute Gasteiger partial charge is 0.494 e. The van der Waals surface area contributed by atoms with Gasteiger partial charge in [-0.1, -0.05) is 0 Å². The van der Waals surface area contributed by atoms with Gasteiger partial charge in [0.1, 0.15) is 11.6 Å². The monoisotopic (exact) mass is 278 g/mol. The number of rotatable bonds is 4. The molecule has 5 nitrogen and oxygen atoms in total. The van der Waals surface area contributed by atoms with Crippen molar-refractivity contribution in [2.45, 2.75) is 6.92 Å². The van der Waals surface area contributed by atoms with E-state index in [9.17, 15) is 0 Å². The van der Waals surface area contributed by atoms with Crippen LogP contribution in [0.4, 0.5) is 5.69 Å². The normalized spacial score (nSPS) is 11.6. The number of methoxy groups -OCH3 is 1. The second-order valence-corrected chi connectivity index (χ2v) is 4.28. The van der Waals surface area contributed by atoms with E-state index in [0.29, 0.717) is 17.3 Å². The van der Waals surface area contributed by atoms with Crippen molar-refractivity contribution < 1.29 is 4.74 Å². The van der Waals surface area contributed by atoms with Gasteiger partial charge in [0.05, 0.1) is 36.4 Å². The third kappa shape index (κ3) is 3.06. The number of hydrogen-bond donors (Lipinski definition) is 1. The Morgan fingerprint density at radius 1 is 1.53 bits per heavy atom. The molecule has 0 radical (unpaired) electrons. The van der Waals surface area contributed by atoms with Crippen molar-refractivity contribution >= 4 is 23.1 Å². The number of aromatic nitrogens is 2. The Morgan fingerprint density at radius 3 is 2.89 bits per heavy atom. The molecular formula is C13H15ClN4O. The van der Waals surface area contributed by atoms with Gasteiger partial charge in [-0.3, -0.25) is 0 Å². The van der Waals surface area contributed by atoms with E-state index in [-0.39, 0.29) is 5.88 Å². The van der Waals surface area contributed by atoms with Crippen LogP contribution in [0.5, 0.6) is 5.75 Å². The summed E-state index contributed by atoms with van der Waals surface area (Å²) >= 11 is 5.61. The van der Waals surface area contributed by atoms with Gasteiger partial charge in [-0.05, 0) is 19.1 Å². The second-order valence-electron chi connectivity index (χ2n) is 4.02. The van der Waals surface area contributed by atoms with Crippen molar-refractivity contribution in [2.24, 2.45) is 10.7 Å². The van der Waals surface area contributed by atoms with Crippen LogP contribution in [0, 0.1) is 6.92 Å². The number of ether oxygens (including phenoxy) is 1. The first-order valence-electron chi connectivity index (χ1n) is 5.72. The molecule has 2 N–H and O–H groups in total. The van der Waals surface area contributed by atoms with E-state index < -0.39 is 0 Å².